The smallest absolute Gasteiger partial charge is 0.404 e. The fraction of sp³-hybridized carbons (Fsp3) is 0.333. The molecule has 7 nitrogen and oxygen atoms in total. The van der Waals surface area contributed by atoms with E-state index in [1.165, 1.54) is 11.8 Å². The van der Waals surface area contributed by atoms with Crippen molar-refractivity contribution in [3.05, 3.63) is 47.7 Å². The topological polar surface area (TPSA) is 94.9 Å². The van der Waals surface area contributed by atoms with Crippen LogP contribution in [0.5, 0.6) is 0 Å². The zero-order valence-corrected chi connectivity index (χ0v) is 15.0. The van der Waals surface area contributed by atoms with E-state index in [-0.39, 0.29) is 13.2 Å². The minimum Gasteiger partial charge on any atom is -0.465 e. The van der Waals surface area contributed by atoms with E-state index >= 15 is 0 Å². The van der Waals surface area contributed by atoms with Gasteiger partial charge in [0, 0.05) is 34.6 Å². The Labute approximate surface area is 156 Å². The molecule has 1 saturated heterocycles. The summed E-state index contributed by atoms with van der Waals surface area (Å²) in [6.45, 7) is 2.80. The highest BCUT2D eigenvalue weighted by Gasteiger charge is 2.20. The summed E-state index contributed by atoms with van der Waals surface area (Å²) in [5.41, 5.74) is 1.66. The number of aromatic nitrogens is 1. The molecule has 1 aliphatic heterocycles. The van der Waals surface area contributed by atoms with Gasteiger partial charge in [0.05, 0.1) is 26.4 Å². The van der Waals surface area contributed by atoms with Crippen molar-refractivity contribution in [3.63, 3.8) is 0 Å². The predicted octanol–water partition coefficient (Wildman–Crippen LogP) is 2.33. The van der Waals surface area contributed by atoms with Crippen molar-refractivity contribution in [3.8, 4) is 0 Å². The standard InChI is InChI=1S/C18H21N3O4S/c22-12-13-3-1-2-4-15(13)26-16-5-6-19-17(14(16)11-20-18(23)24)21-7-9-25-10-8-21/h1-6,20,22H,7-12H2,(H,23,24). The molecule has 3 N–H and O–H groups in total. The SMILES string of the molecule is O=C(O)NCc1c(Sc2ccccc2CO)ccnc1N1CCOCC1. The maximum atomic E-state index is 11.0. The van der Waals surface area contributed by atoms with Gasteiger partial charge in [-0.05, 0) is 17.7 Å². The summed E-state index contributed by atoms with van der Waals surface area (Å²) >= 11 is 1.50. The number of amides is 1. The molecule has 138 valence electrons. The van der Waals surface area contributed by atoms with E-state index in [0.29, 0.717) is 26.3 Å². The highest BCUT2D eigenvalue weighted by molar-refractivity contribution is 7.99. The molecule has 1 aromatic carbocycles. The van der Waals surface area contributed by atoms with E-state index < -0.39 is 6.09 Å². The van der Waals surface area contributed by atoms with Gasteiger partial charge in [0.2, 0.25) is 0 Å². The summed E-state index contributed by atoms with van der Waals surface area (Å²) in [6.07, 6.45) is 0.660. The van der Waals surface area contributed by atoms with Crippen LogP contribution in [0.4, 0.5) is 10.6 Å². The minimum atomic E-state index is -1.08. The van der Waals surface area contributed by atoms with Crippen LogP contribution in [0, 0.1) is 0 Å². The number of aliphatic hydroxyl groups excluding tert-OH is 1. The molecule has 2 aromatic rings. The van der Waals surface area contributed by atoms with Crippen LogP contribution >= 0.6 is 11.8 Å². The first-order valence-corrected chi connectivity index (χ1v) is 9.14. The van der Waals surface area contributed by atoms with E-state index in [1.54, 1.807) is 6.20 Å². The Hall–Kier alpha value is -2.29. The number of carbonyl (C=O) groups is 1. The number of nitrogens with zero attached hydrogens (tertiary/aromatic N) is 2. The van der Waals surface area contributed by atoms with Gasteiger partial charge in [-0.1, -0.05) is 30.0 Å². The van der Waals surface area contributed by atoms with Gasteiger partial charge >= 0.3 is 6.09 Å². The van der Waals surface area contributed by atoms with Gasteiger partial charge in [-0.25, -0.2) is 9.78 Å². The molecule has 8 heteroatoms. The van der Waals surface area contributed by atoms with E-state index in [4.69, 9.17) is 9.84 Å². The van der Waals surface area contributed by atoms with Crippen LogP contribution in [0.2, 0.25) is 0 Å². The Bertz CT molecular complexity index is 766. The second-order valence-corrected chi connectivity index (χ2v) is 6.82. The van der Waals surface area contributed by atoms with E-state index in [0.717, 1.165) is 26.7 Å². The molecule has 0 saturated carbocycles. The Morgan fingerprint density at radius 2 is 2.00 bits per heavy atom. The van der Waals surface area contributed by atoms with Crippen molar-refractivity contribution in [1.82, 2.24) is 10.3 Å². The lowest BCUT2D eigenvalue weighted by Crippen LogP contribution is -2.38. The number of anilines is 1. The zero-order valence-electron chi connectivity index (χ0n) is 14.2. The summed E-state index contributed by atoms with van der Waals surface area (Å²) in [7, 11) is 0. The molecule has 2 heterocycles. The zero-order chi connectivity index (χ0) is 18.4. The van der Waals surface area contributed by atoms with Crippen molar-refractivity contribution >= 4 is 23.7 Å². The van der Waals surface area contributed by atoms with E-state index in [1.807, 2.05) is 30.3 Å². The fourth-order valence-corrected chi connectivity index (χ4v) is 3.85. The molecule has 0 unspecified atom stereocenters. The summed E-state index contributed by atoms with van der Waals surface area (Å²) < 4.78 is 5.40. The summed E-state index contributed by atoms with van der Waals surface area (Å²) in [5, 5.41) is 21.0. The van der Waals surface area contributed by atoms with Gasteiger partial charge in [0.15, 0.2) is 0 Å². The molecule has 1 amide bonds. The van der Waals surface area contributed by atoms with Crippen LogP contribution in [-0.2, 0) is 17.9 Å². The quantitative estimate of drug-likeness (QED) is 0.713. The average molecular weight is 375 g/mol. The number of pyridine rings is 1. The van der Waals surface area contributed by atoms with Crippen molar-refractivity contribution in [1.29, 1.82) is 0 Å². The Morgan fingerprint density at radius 3 is 2.73 bits per heavy atom. The second-order valence-electron chi connectivity index (χ2n) is 5.74. The molecular weight excluding hydrogens is 354 g/mol. The molecule has 0 atom stereocenters. The maximum Gasteiger partial charge on any atom is 0.404 e. The molecule has 0 aliphatic carbocycles. The number of hydrogen-bond donors (Lipinski definition) is 3. The Balaban J connectivity index is 1.95. The lowest BCUT2D eigenvalue weighted by molar-refractivity contribution is 0.122. The summed E-state index contributed by atoms with van der Waals surface area (Å²) in [5.74, 6) is 0.772. The third-order valence-electron chi connectivity index (χ3n) is 4.08. The van der Waals surface area contributed by atoms with Gasteiger partial charge in [-0.15, -0.1) is 0 Å². The first-order chi connectivity index (χ1) is 12.7. The van der Waals surface area contributed by atoms with E-state index in [2.05, 4.69) is 15.2 Å². The van der Waals surface area contributed by atoms with Crippen molar-refractivity contribution in [2.75, 3.05) is 31.2 Å². The van der Waals surface area contributed by atoms with Crippen LogP contribution in [0.25, 0.3) is 0 Å². The molecule has 1 aromatic heterocycles. The van der Waals surface area contributed by atoms with Crippen LogP contribution in [0.15, 0.2) is 46.3 Å². The monoisotopic (exact) mass is 375 g/mol. The lowest BCUT2D eigenvalue weighted by Gasteiger charge is -2.30. The van der Waals surface area contributed by atoms with Crippen molar-refractivity contribution < 1.29 is 19.7 Å². The number of nitrogens with one attached hydrogen (secondary N) is 1. The minimum absolute atomic E-state index is 0.0483. The molecule has 0 spiro atoms. The lowest BCUT2D eigenvalue weighted by atomic mass is 10.2. The van der Waals surface area contributed by atoms with Crippen LogP contribution in [0.1, 0.15) is 11.1 Å². The number of morpholine rings is 1. The van der Waals surface area contributed by atoms with Crippen LogP contribution < -0.4 is 10.2 Å². The normalized spacial score (nSPS) is 14.3. The molecule has 1 aliphatic rings. The van der Waals surface area contributed by atoms with Gasteiger partial charge in [0.25, 0.3) is 0 Å². The van der Waals surface area contributed by atoms with Crippen LogP contribution in [0.3, 0.4) is 0 Å². The predicted molar refractivity (Wildman–Crippen MR) is 98.6 cm³/mol. The Morgan fingerprint density at radius 1 is 1.23 bits per heavy atom. The molecule has 0 radical (unpaired) electrons. The Kier molecular flexibility index (Phi) is 6.32. The second kappa shape index (κ2) is 8.88. The van der Waals surface area contributed by atoms with Gasteiger partial charge < -0.3 is 25.2 Å². The third-order valence-corrected chi connectivity index (χ3v) is 5.30. The average Bonchev–Trinajstić information content (AvgIpc) is 2.68. The van der Waals surface area contributed by atoms with Gasteiger partial charge in [-0.2, -0.15) is 0 Å². The summed E-state index contributed by atoms with van der Waals surface area (Å²) in [4.78, 5) is 19.5. The number of aliphatic hydroxyl groups is 1. The molecule has 3 rings (SSSR count). The highest BCUT2D eigenvalue weighted by atomic mass is 32.2. The first kappa shape index (κ1) is 18.5. The number of hydrogen-bond acceptors (Lipinski definition) is 6. The molecule has 26 heavy (non-hydrogen) atoms. The fourth-order valence-electron chi connectivity index (χ4n) is 2.79. The number of carboxylic acid groups (broad SMARTS) is 1. The van der Waals surface area contributed by atoms with Gasteiger partial charge in [-0.3, -0.25) is 0 Å². The van der Waals surface area contributed by atoms with E-state index in [9.17, 15) is 9.90 Å². The highest BCUT2D eigenvalue weighted by Crippen LogP contribution is 2.36. The van der Waals surface area contributed by atoms with Crippen molar-refractivity contribution in [2.45, 2.75) is 22.9 Å². The summed E-state index contributed by atoms with van der Waals surface area (Å²) in [6, 6.07) is 9.50. The molecular formula is C18H21N3O4S. The first-order valence-electron chi connectivity index (χ1n) is 8.33. The number of rotatable bonds is 6. The number of benzene rings is 1. The molecule has 0 bridgehead atoms. The third kappa shape index (κ3) is 4.46. The van der Waals surface area contributed by atoms with Gasteiger partial charge in [0.1, 0.15) is 5.82 Å². The maximum absolute atomic E-state index is 11.0. The largest absolute Gasteiger partial charge is 0.465 e. The van der Waals surface area contributed by atoms with Crippen LogP contribution in [-0.4, -0.2) is 47.6 Å². The van der Waals surface area contributed by atoms with Crippen molar-refractivity contribution in [2.24, 2.45) is 0 Å². The molecule has 1 fully saturated rings. The number of ether oxygens (including phenoxy) is 1.